The second-order valence-electron chi connectivity index (χ2n) is 8.88. The van der Waals surface area contributed by atoms with Crippen molar-refractivity contribution in [1.29, 1.82) is 0 Å². The lowest BCUT2D eigenvalue weighted by Gasteiger charge is -2.25. The third-order valence-corrected chi connectivity index (χ3v) is 6.77. The normalized spacial score (nSPS) is 12.1. The molecule has 0 saturated carbocycles. The Morgan fingerprint density at radius 1 is 0.714 bits per heavy atom. The second kappa shape index (κ2) is 9.02. The van der Waals surface area contributed by atoms with E-state index in [1.807, 2.05) is 12.1 Å². The number of fused-ring (bicyclic) bond motifs is 4. The number of ether oxygens (including phenoxy) is 4. The summed E-state index contributed by atoms with van der Waals surface area (Å²) in [6.07, 6.45) is 0.923. The summed E-state index contributed by atoms with van der Waals surface area (Å²) < 4.78 is 24.8. The monoisotopic (exact) mass is 471 g/mol. The van der Waals surface area contributed by atoms with E-state index in [1.54, 1.807) is 28.4 Å². The topological polar surface area (TPSA) is 44.0 Å². The minimum Gasteiger partial charge on any atom is -0.497 e. The summed E-state index contributed by atoms with van der Waals surface area (Å²) in [7, 11) is 10.9. The van der Waals surface area contributed by atoms with Crippen molar-refractivity contribution < 1.29 is 23.5 Å². The summed E-state index contributed by atoms with van der Waals surface area (Å²) in [4.78, 5) is 2.18. The SMILES string of the molecule is COc1ccc(-c2cc3c(cc2OC)CC[n+]2c-3cc3cc(OC)c(OC)cc3c2N(C)C)cc1. The van der Waals surface area contributed by atoms with Gasteiger partial charge in [0.05, 0.1) is 54.5 Å². The van der Waals surface area contributed by atoms with Crippen LogP contribution >= 0.6 is 0 Å². The van der Waals surface area contributed by atoms with Gasteiger partial charge in [-0.3, -0.25) is 4.90 Å². The van der Waals surface area contributed by atoms with E-state index in [4.69, 9.17) is 18.9 Å². The summed E-state index contributed by atoms with van der Waals surface area (Å²) in [5, 5.41) is 2.23. The van der Waals surface area contributed by atoms with Gasteiger partial charge in [-0.1, -0.05) is 12.1 Å². The number of benzene rings is 3. The van der Waals surface area contributed by atoms with Gasteiger partial charge in [-0.25, -0.2) is 4.57 Å². The molecule has 5 rings (SSSR count). The van der Waals surface area contributed by atoms with Crippen LogP contribution in [-0.2, 0) is 13.0 Å². The second-order valence-corrected chi connectivity index (χ2v) is 8.88. The van der Waals surface area contributed by atoms with Gasteiger partial charge in [-0.15, -0.1) is 0 Å². The number of rotatable bonds is 6. The van der Waals surface area contributed by atoms with Gasteiger partial charge >= 0.3 is 0 Å². The molecule has 2 heterocycles. The summed E-state index contributed by atoms with van der Waals surface area (Å²) in [5.74, 6) is 4.30. The number of aryl methyl sites for hydroxylation is 1. The molecule has 6 nitrogen and oxygen atoms in total. The molecule has 0 fully saturated rings. The van der Waals surface area contributed by atoms with Gasteiger partial charge in [0.1, 0.15) is 17.2 Å². The maximum absolute atomic E-state index is 5.82. The molecule has 6 heteroatoms. The predicted molar refractivity (Wildman–Crippen MR) is 139 cm³/mol. The molecule has 3 aromatic carbocycles. The van der Waals surface area contributed by atoms with Crippen LogP contribution in [0, 0.1) is 0 Å². The Kier molecular flexibility index (Phi) is 5.89. The van der Waals surface area contributed by atoms with Crippen molar-refractivity contribution in [1.82, 2.24) is 0 Å². The molecule has 4 aromatic rings. The number of hydrogen-bond donors (Lipinski definition) is 0. The number of pyridine rings is 1. The summed E-state index contributed by atoms with van der Waals surface area (Å²) in [5.41, 5.74) is 5.81. The molecule has 35 heavy (non-hydrogen) atoms. The molecular formula is C29H31N2O4+. The van der Waals surface area contributed by atoms with Gasteiger partial charge in [0, 0.05) is 23.6 Å². The highest BCUT2D eigenvalue weighted by Crippen LogP contribution is 2.42. The average Bonchev–Trinajstić information content (AvgIpc) is 2.89. The zero-order valence-corrected chi connectivity index (χ0v) is 21.1. The molecule has 0 amide bonds. The lowest BCUT2D eigenvalue weighted by Crippen LogP contribution is -2.45. The fourth-order valence-electron chi connectivity index (χ4n) is 5.09. The number of methoxy groups -OCH3 is 4. The molecule has 0 saturated heterocycles. The molecule has 0 aliphatic carbocycles. The number of anilines is 1. The Morgan fingerprint density at radius 2 is 1.40 bits per heavy atom. The highest BCUT2D eigenvalue weighted by molar-refractivity contribution is 5.96. The maximum atomic E-state index is 5.82. The first-order valence-corrected chi connectivity index (χ1v) is 11.6. The van der Waals surface area contributed by atoms with Crippen LogP contribution in [0.3, 0.4) is 0 Å². The Morgan fingerprint density at radius 3 is 2.03 bits per heavy atom. The molecule has 180 valence electrons. The van der Waals surface area contributed by atoms with Crippen LogP contribution in [-0.4, -0.2) is 42.5 Å². The van der Waals surface area contributed by atoms with Crippen molar-refractivity contribution in [3.05, 3.63) is 60.2 Å². The maximum Gasteiger partial charge on any atom is 0.284 e. The first kappa shape index (κ1) is 22.8. The lowest BCUT2D eigenvalue weighted by atomic mass is 9.91. The summed E-state index contributed by atoms with van der Waals surface area (Å²) >= 11 is 0. The number of nitrogens with zero attached hydrogens (tertiary/aromatic N) is 2. The van der Waals surface area contributed by atoms with Crippen molar-refractivity contribution in [3.63, 3.8) is 0 Å². The van der Waals surface area contributed by atoms with E-state index in [0.29, 0.717) is 0 Å². The van der Waals surface area contributed by atoms with E-state index >= 15 is 0 Å². The van der Waals surface area contributed by atoms with Crippen LogP contribution in [0.25, 0.3) is 33.2 Å². The summed E-state index contributed by atoms with van der Waals surface area (Å²) in [6, 6.07) is 18.9. The quantitative estimate of drug-likeness (QED) is 0.365. The van der Waals surface area contributed by atoms with Crippen LogP contribution in [0.15, 0.2) is 54.6 Å². The molecule has 0 spiro atoms. The van der Waals surface area contributed by atoms with Gasteiger partial charge < -0.3 is 18.9 Å². The van der Waals surface area contributed by atoms with Crippen molar-refractivity contribution in [2.24, 2.45) is 0 Å². The first-order chi connectivity index (χ1) is 17.0. The molecule has 0 unspecified atom stereocenters. The molecule has 0 radical (unpaired) electrons. The highest BCUT2D eigenvalue weighted by Gasteiger charge is 2.29. The van der Waals surface area contributed by atoms with Gasteiger partial charge in [0.15, 0.2) is 11.5 Å². The largest absolute Gasteiger partial charge is 0.497 e. The van der Waals surface area contributed by atoms with Crippen molar-refractivity contribution >= 4 is 16.6 Å². The molecular weight excluding hydrogens is 440 g/mol. The third-order valence-electron chi connectivity index (χ3n) is 6.77. The molecule has 1 aliphatic rings. The molecule has 1 aromatic heterocycles. The van der Waals surface area contributed by atoms with E-state index in [2.05, 4.69) is 66.0 Å². The fourth-order valence-corrected chi connectivity index (χ4v) is 5.09. The first-order valence-electron chi connectivity index (χ1n) is 11.6. The standard InChI is InChI=1S/C29H31N2O4/c1-30(2)29-24-17-28(35-6)27(34-5)15-20(24)13-25-22-16-23(18-7-9-21(32-3)10-8-18)26(33-4)14-19(22)11-12-31(25)29/h7-10,13-17H,11-12H2,1-6H3/q+1. The smallest absolute Gasteiger partial charge is 0.284 e. The van der Waals surface area contributed by atoms with Gasteiger partial charge in [0.2, 0.25) is 0 Å². The molecule has 0 atom stereocenters. The minimum absolute atomic E-state index is 0.722. The van der Waals surface area contributed by atoms with Gasteiger partial charge in [-0.05, 0) is 52.9 Å². The van der Waals surface area contributed by atoms with E-state index in [0.717, 1.165) is 63.7 Å². The van der Waals surface area contributed by atoms with Gasteiger partial charge in [0.25, 0.3) is 5.82 Å². The van der Waals surface area contributed by atoms with E-state index in [9.17, 15) is 0 Å². The van der Waals surface area contributed by atoms with Crippen LogP contribution in [0.1, 0.15) is 5.56 Å². The Hall–Kier alpha value is -3.93. The fraction of sp³-hybridized carbons (Fsp3) is 0.276. The lowest BCUT2D eigenvalue weighted by molar-refractivity contribution is -0.674. The Labute approximate surface area is 206 Å². The predicted octanol–water partition coefficient (Wildman–Crippen LogP) is 5.12. The average molecular weight is 472 g/mol. The zero-order valence-electron chi connectivity index (χ0n) is 21.1. The van der Waals surface area contributed by atoms with E-state index in [1.165, 1.54) is 16.8 Å². The Balaban J connectivity index is 1.78. The van der Waals surface area contributed by atoms with Crippen LogP contribution in [0.2, 0.25) is 0 Å². The highest BCUT2D eigenvalue weighted by atomic mass is 16.5. The molecule has 0 bridgehead atoms. The van der Waals surface area contributed by atoms with Crippen molar-refractivity contribution in [2.45, 2.75) is 13.0 Å². The van der Waals surface area contributed by atoms with Crippen LogP contribution in [0.5, 0.6) is 23.0 Å². The van der Waals surface area contributed by atoms with E-state index < -0.39 is 0 Å². The van der Waals surface area contributed by atoms with Crippen LogP contribution < -0.4 is 28.4 Å². The number of hydrogen-bond acceptors (Lipinski definition) is 5. The zero-order chi connectivity index (χ0) is 24.7. The van der Waals surface area contributed by atoms with Crippen LogP contribution in [0.4, 0.5) is 5.82 Å². The number of aromatic nitrogens is 1. The third kappa shape index (κ3) is 3.79. The van der Waals surface area contributed by atoms with Crippen molar-refractivity contribution in [3.8, 4) is 45.4 Å². The summed E-state index contributed by atoms with van der Waals surface area (Å²) in [6.45, 7) is 0.880. The van der Waals surface area contributed by atoms with Crippen molar-refractivity contribution in [2.75, 3.05) is 47.4 Å². The van der Waals surface area contributed by atoms with E-state index in [-0.39, 0.29) is 0 Å². The Bertz CT molecular complexity index is 1410. The molecule has 0 N–H and O–H groups in total. The van der Waals surface area contributed by atoms with Gasteiger partial charge in [-0.2, -0.15) is 0 Å². The molecule has 1 aliphatic heterocycles. The minimum atomic E-state index is 0.722.